The standard InChI is InChI=1S/C20H23N3O/c24-20(15-17-7-3-1-4-8-17)22-21-16-18-9-11-19(12-10-18)23-13-5-2-6-14-23/h1,3-4,7-12,16H,2,5-6,13-15H2,(H,22,24). The molecule has 1 aliphatic rings. The normalized spacial score (nSPS) is 14.8. The average molecular weight is 321 g/mol. The molecule has 1 fully saturated rings. The van der Waals surface area contributed by atoms with Gasteiger partial charge < -0.3 is 4.90 Å². The van der Waals surface area contributed by atoms with Gasteiger partial charge in [-0.3, -0.25) is 4.79 Å². The zero-order chi connectivity index (χ0) is 16.6. The lowest BCUT2D eigenvalue weighted by molar-refractivity contribution is -0.120. The maximum absolute atomic E-state index is 11.8. The third kappa shape index (κ3) is 4.69. The maximum atomic E-state index is 11.8. The Balaban J connectivity index is 1.50. The van der Waals surface area contributed by atoms with Crippen molar-refractivity contribution in [1.82, 2.24) is 5.43 Å². The van der Waals surface area contributed by atoms with E-state index in [4.69, 9.17) is 0 Å². The molecular formula is C20H23N3O. The molecule has 24 heavy (non-hydrogen) atoms. The van der Waals surface area contributed by atoms with Crippen molar-refractivity contribution in [3.8, 4) is 0 Å². The molecular weight excluding hydrogens is 298 g/mol. The van der Waals surface area contributed by atoms with Gasteiger partial charge in [-0.25, -0.2) is 5.43 Å². The molecule has 4 nitrogen and oxygen atoms in total. The molecule has 2 aromatic carbocycles. The molecule has 124 valence electrons. The van der Waals surface area contributed by atoms with E-state index in [2.05, 4.69) is 27.6 Å². The fraction of sp³-hybridized carbons (Fsp3) is 0.300. The van der Waals surface area contributed by atoms with E-state index in [-0.39, 0.29) is 5.91 Å². The van der Waals surface area contributed by atoms with Gasteiger partial charge in [0, 0.05) is 18.8 Å². The van der Waals surface area contributed by atoms with Gasteiger partial charge in [0.05, 0.1) is 12.6 Å². The van der Waals surface area contributed by atoms with E-state index in [0.29, 0.717) is 6.42 Å². The van der Waals surface area contributed by atoms with E-state index < -0.39 is 0 Å². The number of nitrogens with one attached hydrogen (secondary N) is 1. The topological polar surface area (TPSA) is 44.7 Å². The number of benzene rings is 2. The Labute approximate surface area is 143 Å². The first-order valence-corrected chi connectivity index (χ1v) is 8.52. The summed E-state index contributed by atoms with van der Waals surface area (Å²) in [6.45, 7) is 2.28. The van der Waals surface area contributed by atoms with Crippen LogP contribution in [0.3, 0.4) is 0 Å². The number of carbonyl (C=O) groups excluding carboxylic acids is 1. The number of hydrogen-bond donors (Lipinski definition) is 1. The molecule has 1 aliphatic heterocycles. The van der Waals surface area contributed by atoms with Crippen LogP contribution in [0.15, 0.2) is 59.7 Å². The lowest BCUT2D eigenvalue weighted by Crippen LogP contribution is -2.29. The fourth-order valence-electron chi connectivity index (χ4n) is 2.92. The van der Waals surface area contributed by atoms with Crippen molar-refractivity contribution in [3.05, 3.63) is 65.7 Å². The molecule has 1 N–H and O–H groups in total. The Morgan fingerprint density at radius 3 is 2.42 bits per heavy atom. The maximum Gasteiger partial charge on any atom is 0.244 e. The van der Waals surface area contributed by atoms with Crippen molar-refractivity contribution in [1.29, 1.82) is 0 Å². The van der Waals surface area contributed by atoms with E-state index in [1.807, 2.05) is 42.5 Å². The number of hydrogen-bond acceptors (Lipinski definition) is 3. The lowest BCUT2D eigenvalue weighted by Gasteiger charge is -2.28. The number of amides is 1. The number of hydrazone groups is 1. The molecule has 0 saturated carbocycles. The molecule has 0 radical (unpaired) electrons. The molecule has 1 saturated heterocycles. The van der Waals surface area contributed by atoms with E-state index in [9.17, 15) is 4.79 Å². The van der Waals surface area contributed by atoms with Crippen LogP contribution in [-0.4, -0.2) is 25.2 Å². The van der Waals surface area contributed by atoms with Gasteiger partial charge in [0.15, 0.2) is 0 Å². The third-order valence-corrected chi connectivity index (χ3v) is 4.22. The summed E-state index contributed by atoms with van der Waals surface area (Å²) in [5.41, 5.74) is 5.81. The molecule has 0 unspecified atom stereocenters. The number of nitrogens with zero attached hydrogens (tertiary/aromatic N) is 2. The molecule has 1 amide bonds. The third-order valence-electron chi connectivity index (χ3n) is 4.22. The number of piperidine rings is 1. The van der Waals surface area contributed by atoms with Gasteiger partial charge in [-0.05, 0) is 42.5 Å². The summed E-state index contributed by atoms with van der Waals surface area (Å²) < 4.78 is 0. The van der Waals surface area contributed by atoms with Gasteiger partial charge in [0.25, 0.3) is 0 Å². The van der Waals surface area contributed by atoms with Crippen LogP contribution in [-0.2, 0) is 11.2 Å². The van der Waals surface area contributed by atoms with Gasteiger partial charge >= 0.3 is 0 Å². The Kier molecular flexibility index (Phi) is 5.61. The molecule has 0 atom stereocenters. The summed E-state index contributed by atoms with van der Waals surface area (Å²) in [5.74, 6) is -0.109. The first kappa shape index (κ1) is 16.2. The van der Waals surface area contributed by atoms with Crippen molar-refractivity contribution >= 4 is 17.8 Å². The minimum absolute atomic E-state index is 0.109. The largest absolute Gasteiger partial charge is 0.372 e. The molecule has 3 rings (SSSR count). The Morgan fingerprint density at radius 2 is 1.71 bits per heavy atom. The van der Waals surface area contributed by atoms with Crippen LogP contribution in [0.2, 0.25) is 0 Å². The highest BCUT2D eigenvalue weighted by Crippen LogP contribution is 2.19. The fourth-order valence-corrected chi connectivity index (χ4v) is 2.92. The summed E-state index contributed by atoms with van der Waals surface area (Å²) >= 11 is 0. The lowest BCUT2D eigenvalue weighted by atomic mass is 10.1. The Hall–Kier alpha value is -2.62. The molecule has 0 aliphatic carbocycles. The van der Waals surface area contributed by atoms with Gasteiger partial charge in [-0.15, -0.1) is 0 Å². The highest BCUT2D eigenvalue weighted by atomic mass is 16.2. The summed E-state index contributed by atoms with van der Waals surface area (Å²) in [6.07, 6.45) is 5.91. The van der Waals surface area contributed by atoms with Gasteiger partial charge in [-0.1, -0.05) is 42.5 Å². The highest BCUT2D eigenvalue weighted by Gasteiger charge is 2.10. The quantitative estimate of drug-likeness (QED) is 0.678. The predicted molar refractivity (Wildman–Crippen MR) is 98.4 cm³/mol. The second-order valence-electron chi connectivity index (χ2n) is 6.09. The van der Waals surface area contributed by atoms with Crippen molar-refractivity contribution in [2.75, 3.05) is 18.0 Å². The van der Waals surface area contributed by atoms with Crippen molar-refractivity contribution in [3.63, 3.8) is 0 Å². The monoisotopic (exact) mass is 321 g/mol. The van der Waals surface area contributed by atoms with Crippen LogP contribution in [0.5, 0.6) is 0 Å². The van der Waals surface area contributed by atoms with Crippen molar-refractivity contribution < 1.29 is 4.79 Å². The molecule has 0 bridgehead atoms. The number of anilines is 1. The molecule has 0 aromatic heterocycles. The number of carbonyl (C=O) groups is 1. The highest BCUT2D eigenvalue weighted by molar-refractivity contribution is 5.83. The van der Waals surface area contributed by atoms with Gasteiger partial charge in [0.1, 0.15) is 0 Å². The summed E-state index contributed by atoms with van der Waals surface area (Å²) in [4.78, 5) is 14.3. The molecule has 2 aromatic rings. The first-order chi connectivity index (χ1) is 11.8. The van der Waals surface area contributed by atoms with E-state index in [1.165, 1.54) is 24.9 Å². The summed E-state index contributed by atoms with van der Waals surface area (Å²) in [5, 5.41) is 4.04. The van der Waals surface area contributed by atoms with Gasteiger partial charge in [-0.2, -0.15) is 5.10 Å². The second-order valence-corrected chi connectivity index (χ2v) is 6.09. The van der Waals surface area contributed by atoms with Gasteiger partial charge in [0.2, 0.25) is 5.91 Å². The zero-order valence-electron chi connectivity index (χ0n) is 13.8. The zero-order valence-corrected chi connectivity index (χ0v) is 13.8. The average Bonchev–Trinajstić information content (AvgIpc) is 2.64. The predicted octanol–water partition coefficient (Wildman–Crippen LogP) is 3.37. The van der Waals surface area contributed by atoms with E-state index >= 15 is 0 Å². The van der Waals surface area contributed by atoms with E-state index in [1.54, 1.807) is 6.21 Å². The van der Waals surface area contributed by atoms with Crippen LogP contribution < -0.4 is 10.3 Å². The molecule has 4 heteroatoms. The SMILES string of the molecule is O=C(Cc1ccccc1)NN=Cc1ccc(N2CCCCC2)cc1. The van der Waals surface area contributed by atoms with Crippen LogP contribution in [0, 0.1) is 0 Å². The van der Waals surface area contributed by atoms with Crippen molar-refractivity contribution in [2.45, 2.75) is 25.7 Å². The van der Waals surface area contributed by atoms with Crippen molar-refractivity contribution in [2.24, 2.45) is 5.10 Å². The summed E-state index contributed by atoms with van der Waals surface area (Å²) in [6, 6.07) is 18.0. The molecule has 0 spiro atoms. The minimum atomic E-state index is -0.109. The minimum Gasteiger partial charge on any atom is -0.372 e. The second kappa shape index (κ2) is 8.29. The summed E-state index contributed by atoms with van der Waals surface area (Å²) in [7, 11) is 0. The van der Waals surface area contributed by atoms with Crippen LogP contribution in [0.1, 0.15) is 30.4 Å². The Morgan fingerprint density at radius 1 is 1.00 bits per heavy atom. The molecule has 1 heterocycles. The van der Waals surface area contributed by atoms with Crippen LogP contribution in [0.25, 0.3) is 0 Å². The van der Waals surface area contributed by atoms with E-state index in [0.717, 1.165) is 24.2 Å². The smallest absolute Gasteiger partial charge is 0.244 e. The number of rotatable bonds is 5. The first-order valence-electron chi connectivity index (χ1n) is 8.52. The Bertz CT molecular complexity index is 674. The van der Waals surface area contributed by atoms with Crippen LogP contribution in [0.4, 0.5) is 5.69 Å². The van der Waals surface area contributed by atoms with Crippen LogP contribution >= 0.6 is 0 Å².